The second kappa shape index (κ2) is 6.76. The minimum absolute atomic E-state index is 0.0422. The van der Waals surface area contributed by atoms with E-state index < -0.39 is 26.9 Å². The van der Waals surface area contributed by atoms with Crippen LogP contribution in [-0.2, 0) is 14.8 Å². The Balaban J connectivity index is 1.66. The Kier molecular flexibility index (Phi) is 4.80. The summed E-state index contributed by atoms with van der Waals surface area (Å²) >= 11 is 0. The number of nitro groups is 1. The lowest BCUT2D eigenvalue weighted by molar-refractivity contribution is -0.497. The number of rotatable bonds is 5. The number of sulfonamides is 1. The number of amides is 1. The van der Waals surface area contributed by atoms with Gasteiger partial charge in [0.2, 0.25) is 22.0 Å². The highest BCUT2D eigenvalue weighted by Crippen LogP contribution is 2.35. The van der Waals surface area contributed by atoms with Gasteiger partial charge in [-0.15, -0.1) is 0 Å². The maximum absolute atomic E-state index is 12.7. The molecule has 1 saturated heterocycles. The summed E-state index contributed by atoms with van der Waals surface area (Å²) in [7, 11) is -3.76. The van der Waals surface area contributed by atoms with Crippen molar-refractivity contribution in [2.75, 3.05) is 26.2 Å². The van der Waals surface area contributed by atoms with Crippen molar-refractivity contribution in [2.45, 2.75) is 24.3 Å². The van der Waals surface area contributed by atoms with Gasteiger partial charge in [-0.1, -0.05) is 12.1 Å². The van der Waals surface area contributed by atoms with Crippen LogP contribution in [0.5, 0.6) is 0 Å². The number of carbonyl (C=O) groups is 2. The molecule has 10 heteroatoms. The van der Waals surface area contributed by atoms with E-state index in [-0.39, 0.29) is 49.2 Å². The molecule has 1 aromatic carbocycles. The molecule has 2 fully saturated rings. The van der Waals surface area contributed by atoms with E-state index in [0.717, 1.165) is 0 Å². The molecule has 26 heavy (non-hydrogen) atoms. The van der Waals surface area contributed by atoms with Gasteiger partial charge in [0.05, 0.1) is 4.90 Å². The molecular weight excluding hydrogens is 362 g/mol. The lowest BCUT2D eigenvalue weighted by Crippen LogP contribution is -2.51. The minimum Gasteiger partial charge on any atom is -0.340 e. The van der Waals surface area contributed by atoms with Crippen molar-refractivity contribution in [3.63, 3.8) is 0 Å². The molecule has 3 rings (SSSR count). The van der Waals surface area contributed by atoms with Gasteiger partial charge in [-0.05, 0) is 19.1 Å². The molecular formula is C16H19N3O6S. The van der Waals surface area contributed by atoms with Gasteiger partial charge in [-0.25, -0.2) is 8.42 Å². The van der Waals surface area contributed by atoms with Crippen molar-refractivity contribution < 1.29 is 22.9 Å². The predicted molar refractivity (Wildman–Crippen MR) is 90.7 cm³/mol. The maximum Gasteiger partial charge on any atom is 0.243 e. The normalized spacial score (nSPS) is 23.5. The van der Waals surface area contributed by atoms with Crippen LogP contribution in [-0.4, -0.2) is 66.5 Å². The fourth-order valence-corrected chi connectivity index (χ4v) is 4.56. The van der Waals surface area contributed by atoms with Gasteiger partial charge < -0.3 is 4.90 Å². The van der Waals surface area contributed by atoms with Crippen molar-refractivity contribution >= 4 is 21.7 Å². The number of hydrogen-bond acceptors (Lipinski definition) is 6. The number of piperazine rings is 1. The second-order valence-electron chi connectivity index (χ2n) is 6.51. The number of carbonyl (C=O) groups excluding carboxylic acids is 2. The topological polar surface area (TPSA) is 118 Å². The zero-order chi connectivity index (χ0) is 19.1. The first kappa shape index (κ1) is 18.5. The third-order valence-electron chi connectivity index (χ3n) is 4.77. The van der Waals surface area contributed by atoms with Gasteiger partial charge in [0.15, 0.2) is 5.78 Å². The van der Waals surface area contributed by atoms with Crippen LogP contribution in [0.2, 0.25) is 0 Å². The molecule has 1 amide bonds. The van der Waals surface area contributed by atoms with E-state index in [1.807, 2.05) is 0 Å². The molecule has 1 aromatic rings. The molecule has 1 aliphatic heterocycles. The summed E-state index contributed by atoms with van der Waals surface area (Å²) in [5.41, 5.74) is 0.319. The van der Waals surface area contributed by atoms with Crippen LogP contribution in [0.3, 0.4) is 0 Å². The van der Waals surface area contributed by atoms with Crippen molar-refractivity contribution in [3.05, 3.63) is 39.9 Å². The van der Waals surface area contributed by atoms with Crippen molar-refractivity contribution in [2.24, 2.45) is 5.92 Å². The van der Waals surface area contributed by atoms with E-state index in [1.165, 1.54) is 34.3 Å². The molecule has 0 aromatic heterocycles. The molecule has 2 atom stereocenters. The average Bonchev–Trinajstić information content (AvgIpc) is 3.42. The van der Waals surface area contributed by atoms with Crippen LogP contribution in [0.15, 0.2) is 29.2 Å². The van der Waals surface area contributed by atoms with E-state index in [4.69, 9.17) is 0 Å². The van der Waals surface area contributed by atoms with Gasteiger partial charge >= 0.3 is 0 Å². The minimum atomic E-state index is -3.76. The second-order valence-corrected chi connectivity index (χ2v) is 8.45. The highest BCUT2D eigenvalue weighted by Gasteiger charge is 2.54. The Labute approximate surface area is 150 Å². The number of hydrogen-bond donors (Lipinski definition) is 0. The lowest BCUT2D eigenvalue weighted by Gasteiger charge is -2.34. The van der Waals surface area contributed by atoms with Gasteiger partial charge in [0.25, 0.3) is 0 Å². The SMILES string of the molecule is CC(=O)c1cccc(S(=O)(=O)N2CCN(C(=O)C3CC3[N+](=O)[O-])CC2)c1. The summed E-state index contributed by atoms with van der Waals surface area (Å²) in [4.78, 5) is 35.5. The summed E-state index contributed by atoms with van der Waals surface area (Å²) in [6.07, 6.45) is 0.252. The van der Waals surface area contributed by atoms with Crippen LogP contribution in [0, 0.1) is 16.0 Å². The summed E-state index contributed by atoms with van der Waals surface area (Å²) in [5.74, 6) is -1.08. The number of nitrogens with zero attached hydrogens (tertiary/aromatic N) is 3. The third-order valence-corrected chi connectivity index (χ3v) is 6.67. The Morgan fingerprint density at radius 2 is 1.85 bits per heavy atom. The van der Waals surface area contributed by atoms with Gasteiger partial charge in [-0.3, -0.25) is 19.7 Å². The molecule has 1 saturated carbocycles. The van der Waals surface area contributed by atoms with Crippen molar-refractivity contribution in [3.8, 4) is 0 Å². The number of Topliss-reactive ketones (excluding diaryl/α,β-unsaturated/α-hetero) is 1. The quantitative estimate of drug-likeness (QED) is 0.413. The monoisotopic (exact) mass is 381 g/mol. The van der Waals surface area contributed by atoms with Crippen LogP contribution in [0.25, 0.3) is 0 Å². The predicted octanol–water partition coefficient (Wildman–Crippen LogP) is 0.387. The number of ketones is 1. The maximum atomic E-state index is 12.7. The highest BCUT2D eigenvalue weighted by atomic mass is 32.2. The molecule has 0 spiro atoms. The van der Waals surface area contributed by atoms with Gasteiger partial charge in [0, 0.05) is 43.1 Å². The van der Waals surface area contributed by atoms with Crippen LogP contribution >= 0.6 is 0 Å². The zero-order valence-electron chi connectivity index (χ0n) is 14.2. The standard InChI is InChI=1S/C16H19N3O6S/c1-11(20)12-3-2-4-13(9-12)26(24,25)18-7-5-17(6-8-18)16(21)14-10-15(14)19(22)23/h2-4,9,14-15H,5-8,10H2,1H3. The average molecular weight is 381 g/mol. The third kappa shape index (κ3) is 3.47. The first-order valence-corrected chi connectivity index (χ1v) is 9.69. The van der Waals surface area contributed by atoms with E-state index in [1.54, 1.807) is 6.07 Å². The van der Waals surface area contributed by atoms with E-state index >= 15 is 0 Å². The molecule has 0 N–H and O–H groups in total. The van der Waals surface area contributed by atoms with Crippen molar-refractivity contribution in [1.29, 1.82) is 0 Å². The molecule has 2 aliphatic rings. The highest BCUT2D eigenvalue weighted by molar-refractivity contribution is 7.89. The Morgan fingerprint density at radius 1 is 1.19 bits per heavy atom. The van der Waals surface area contributed by atoms with Gasteiger partial charge in [-0.2, -0.15) is 4.31 Å². The molecule has 9 nitrogen and oxygen atoms in total. The number of benzene rings is 1. The van der Waals surface area contributed by atoms with E-state index in [0.29, 0.717) is 5.56 Å². The molecule has 1 heterocycles. The Morgan fingerprint density at radius 3 is 2.38 bits per heavy atom. The largest absolute Gasteiger partial charge is 0.340 e. The molecule has 0 radical (unpaired) electrons. The Bertz CT molecular complexity index is 860. The molecule has 2 unspecified atom stereocenters. The van der Waals surface area contributed by atoms with Crippen LogP contribution < -0.4 is 0 Å². The Hall–Kier alpha value is -2.33. The molecule has 0 bridgehead atoms. The zero-order valence-corrected chi connectivity index (χ0v) is 15.0. The van der Waals surface area contributed by atoms with Crippen LogP contribution in [0.1, 0.15) is 23.7 Å². The smallest absolute Gasteiger partial charge is 0.243 e. The van der Waals surface area contributed by atoms with E-state index in [2.05, 4.69) is 0 Å². The molecule has 1 aliphatic carbocycles. The fraction of sp³-hybridized carbons (Fsp3) is 0.500. The summed E-state index contributed by atoms with van der Waals surface area (Å²) < 4.78 is 26.8. The van der Waals surface area contributed by atoms with Crippen molar-refractivity contribution in [1.82, 2.24) is 9.21 Å². The first-order chi connectivity index (χ1) is 12.2. The lowest BCUT2D eigenvalue weighted by atomic mass is 10.2. The molecule has 140 valence electrons. The summed E-state index contributed by atoms with van der Waals surface area (Å²) in [6.45, 7) is 2.01. The summed E-state index contributed by atoms with van der Waals surface area (Å²) in [6, 6.07) is 5.05. The fourth-order valence-electron chi connectivity index (χ4n) is 3.09. The van der Waals surface area contributed by atoms with Crippen LogP contribution in [0.4, 0.5) is 0 Å². The summed E-state index contributed by atoms with van der Waals surface area (Å²) in [5, 5.41) is 10.7. The van der Waals surface area contributed by atoms with E-state index in [9.17, 15) is 28.1 Å². The first-order valence-electron chi connectivity index (χ1n) is 8.25. The van der Waals surface area contributed by atoms with Gasteiger partial charge in [0.1, 0.15) is 5.92 Å².